The van der Waals surface area contributed by atoms with E-state index in [1.165, 1.54) is 0 Å². The van der Waals surface area contributed by atoms with E-state index in [1.807, 2.05) is 30.0 Å². The zero-order valence-electron chi connectivity index (χ0n) is 15.7. The van der Waals surface area contributed by atoms with Gasteiger partial charge in [-0.2, -0.15) is 0 Å². The Bertz CT molecular complexity index is 779. The maximum Gasteiger partial charge on any atom is 0.246 e. The van der Waals surface area contributed by atoms with Crippen LogP contribution in [0.4, 0.5) is 11.8 Å². The second-order valence-corrected chi connectivity index (χ2v) is 6.78. The van der Waals surface area contributed by atoms with Crippen LogP contribution in [0.5, 0.6) is 0 Å². The number of nitrogens with one attached hydrogen (secondary N) is 1. The standard InChI is InChI=1S/C19H25N7O/c1-25(2)12-4-7-16(27)26-13-3-6-15(14-26)17-18(21-11-10-20-17)24-19-22-8-5-9-23-19/h4-5,7-11,15H,3,6,12-14H2,1-2H3,(H,21,22,23,24)/b7-4+/t15-/m1/s1. The SMILES string of the molecule is CN(C)C/C=C/C(=O)N1CCC[C@@H](c2nccnc2Nc2ncccn2)C1. The third kappa shape index (κ3) is 5.30. The predicted molar refractivity (Wildman–Crippen MR) is 104 cm³/mol. The molecule has 8 nitrogen and oxygen atoms in total. The van der Waals surface area contributed by atoms with Gasteiger partial charge >= 0.3 is 0 Å². The van der Waals surface area contributed by atoms with Crippen LogP contribution in [0.1, 0.15) is 24.5 Å². The summed E-state index contributed by atoms with van der Waals surface area (Å²) in [5, 5.41) is 3.14. The Kier molecular flexibility index (Phi) is 6.43. The van der Waals surface area contributed by atoms with Crippen LogP contribution in [0.3, 0.4) is 0 Å². The maximum atomic E-state index is 12.5. The summed E-state index contributed by atoms with van der Waals surface area (Å²) in [5.41, 5.74) is 0.847. The summed E-state index contributed by atoms with van der Waals surface area (Å²) in [6.45, 7) is 2.15. The Balaban J connectivity index is 1.71. The van der Waals surface area contributed by atoms with Crippen LogP contribution in [-0.2, 0) is 4.79 Å². The lowest BCUT2D eigenvalue weighted by Gasteiger charge is -2.32. The fourth-order valence-electron chi connectivity index (χ4n) is 3.08. The lowest BCUT2D eigenvalue weighted by Crippen LogP contribution is -2.38. The van der Waals surface area contributed by atoms with Crippen LogP contribution in [0.2, 0.25) is 0 Å². The van der Waals surface area contributed by atoms with Crippen LogP contribution >= 0.6 is 0 Å². The molecule has 1 aliphatic rings. The van der Waals surface area contributed by atoms with Crippen molar-refractivity contribution in [3.63, 3.8) is 0 Å². The van der Waals surface area contributed by atoms with Gasteiger partial charge in [0.2, 0.25) is 11.9 Å². The van der Waals surface area contributed by atoms with E-state index in [-0.39, 0.29) is 11.8 Å². The van der Waals surface area contributed by atoms with Crippen molar-refractivity contribution in [2.24, 2.45) is 0 Å². The average Bonchev–Trinajstić information content (AvgIpc) is 2.69. The minimum atomic E-state index is 0.0475. The zero-order valence-corrected chi connectivity index (χ0v) is 15.7. The quantitative estimate of drug-likeness (QED) is 0.780. The molecular formula is C19H25N7O. The molecule has 0 aliphatic carbocycles. The van der Waals surface area contributed by atoms with E-state index in [0.29, 0.717) is 18.3 Å². The highest BCUT2D eigenvalue weighted by molar-refractivity contribution is 5.87. The van der Waals surface area contributed by atoms with E-state index in [2.05, 4.69) is 25.3 Å². The smallest absolute Gasteiger partial charge is 0.246 e. The van der Waals surface area contributed by atoms with Crippen molar-refractivity contribution >= 4 is 17.7 Å². The van der Waals surface area contributed by atoms with Crippen LogP contribution in [-0.4, -0.2) is 69.4 Å². The number of carbonyl (C=O) groups is 1. The molecule has 3 rings (SSSR count). The highest BCUT2D eigenvalue weighted by atomic mass is 16.2. The summed E-state index contributed by atoms with van der Waals surface area (Å²) in [5.74, 6) is 1.30. The van der Waals surface area contributed by atoms with Crippen molar-refractivity contribution in [2.45, 2.75) is 18.8 Å². The third-order valence-electron chi connectivity index (χ3n) is 4.37. The van der Waals surface area contributed by atoms with Gasteiger partial charge in [0.15, 0.2) is 5.82 Å². The van der Waals surface area contributed by atoms with Gasteiger partial charge in [0.1, 0.15) is 0 Å². The van der Waals surface area contributed by atoms with E-state index in [4.69, 9.17) is 0 Å². The number of likely N-dealkylation sites (tertiary alicyclic amines) is 1. The molecule has 0 bridgehead atoms. The largest absolute Gasteiger partial charge is 0.338 e. The second-order valence-electron chi connectivity index (χ2n) is 6.78. The molecule has 2 aromatic heterocycles. The summed E-state index contributed by atoms with van der Waals surface area (Å²) in [6, 6.07) is 1.76. The van der Waals surface area contributed by atoms with E-state index >= 15 is 0 Å². The number of piperidine rings is 1. The van der Waals surface area contributed by atoms with Crippen molar-refractivity contribution in [2.75, 3.05) is 39.0 Å². The fraction of sp³-hybridized carbons (Fsp3) is 0.421. The summed E-state index contributed by atoms with van der Waals surface area (Å²) in [6.07, 6.45) is 12.1. The van der Waals surface area contributed by atoms with Crippen LogP contribution < -0.4 is 5.32 Å². The number of likely N-dealkylation sites (N-methyl/N-ethyl adjacent to an activating group) is 1. The van der Waals surface area contributed by atoms with Gasteiger partial charge in [-0.15, -0.1) is 0 Å². The molecule has 0 aromatic carbocycles. The van der Waals surface area contributed by atoms with Gasteiger partial charge in [-0.3, -0.25) is 9.78 Å². The monoisotopic (exact) mass is 367 g/mol. The molecule has 0 saturated carbocycles. The summed E-state index contributed by atoms with van der Waals surface area (Å²) in [7, 11) is 3.95. The molecule has 1 N–H and O–H groups in total. The third-order valence-corrected chi connectivity index (χ3v) is 4.37. The molecule has 2 aromatic rings. The first kappa shape index (κ1) is 18.9. The first-order valence-corrected chi connectivity index (χ1v) is 9.08. The number of hydrogen-bond acceptors (Lipinski definition) is 7. The van der Waals surface area contributed by atoms with E-state index in [9.17, 15) is 4.79 Å². The van der Waals surface area contributed by atoms with Crippen molar-refractivity contribution in [1.82, 2.24) is 29.7 Å². The Labute approximate surface area is 159 Å². The van der Waals surface area contributed by atoms with Crippen molar-refractivity contribution in [1.29, 1.82) is 0 Å². The minimum Gasteiger partial charge on any atom is -0.338 e. The minimum absolute atomic E-state index is 0.0475. The van der Waals surface area contributed by atoms with Crippen molar-refractivity contribution < 1.29 is 4.79 Å². The molecule has 1 saturated heterocycles. The first-order valence-electron chi connectivity index (χ1n) is 9.08. The number of aromatic nitrogens is 4. The lowest BCUT2D eigenvalue weighted by atomic mass is 9.94. The molecule has 1 atom stereocenters. The van der Waals surface area contributed by atoms with Gasteiger partial charge in [0.25, 0.3) is 0 Å². The number of anilines is 2. The highest BCUT2D eigenvalue weighted by Crippen LogP contribution is 2.30. The molecular weight excluding hydrogens is 342 g/mol. The molecule has 27 heavy (non-hydrogen) atoms. The van der Waals surface area contributed by atoms with Crippen molar-refractivity contribution in [3.05, 3.63) is 48.7 Å². The molecule has 1 aliphatic heterocycles. The molecule has 0 spiro atoms. The number of hydrogen-bond donors (Lipinski definition) is 1. The summed E-state index contributed by atoms with van der Waals surface area (Å²) < 4.78 is 0. The number of nitrogens with zero attached hydrogens (tertiary/aromatic N) is 6. The summed E-state index contributed by atoms with van der Waals surface area (Å²) in [4.78, 5) is 33.7. The van der Waals surface area contributed by atoms with E-state index < -0.39 is 0 Å². The topological polar surface area (TPSA) is 87.1 Å². The van der Waals surface area contributed by atoms with E-state index in [1.54, 1.807) is 36.9 Å². The normalized spacial score (nSPS) is 17.4. The zero-order chi connectivity index (χ0) is 19.1. The Hall–Kier alpha value is -2.87. The Morgan fingerprint density at radius 2 is 2.00 bits per heavy atom. The van der Waals surface area contributed by atoms with Gasteiger partial charge < -0.3 is 15.1 Å². The van der Waals surface area contributed by atoms with Crippen LogP contribution in [0, 0.1) is 0 Å². The molecule has 3 heterocycles. The number of rotatable bonds is 6. The van der Waals surface area contributed by atoms with Gasteiger partial charge in [-0.05, 0) is 33.0 Å². The van der Waals surface area contributed by atoms with E-state index in [0.717, 1.165) is 31.6 Å². The molecule has 0 radical (unpaired) electrons. The van der Waals surface area contributed by atoms with Gasteiger partial charge in [0, 0.05) is 56.4 Å². The van der Waals surface area contributed by atoms with Crippen LogP contribution in [0.25, 0.3) is 0 Å². The first-order chi connectivity index (χ1) is 13.1. The molecule has 1 fully saturated rings. The molecule has 1 amide bonds. The Morgan fingerprint density at radius 3 is 2.78 bits per heavy atom. The predicted octanol–water partition coefficient (Wildman–Crippen LogP) is 1.83. The molecule has 142 valence electrons. The Morgan fingerprint density at radius 1 is 1.22 bits per heavy atom. The maximum absolute atomic E-state index is 12.5. The van der Waals surface area contributed by atoms with Gasteiger partial charge in [-0.25, -0.2) is 15.0 Å². The van der Waals surface area contributed by atoms with Crippen molar-refractivity contribution in [3.8, 4) is 0 Å². The molecule has 8 heteroatoms. The highest BCUT2D eigenvalue weighted by Gasteiger charge is 2.27. The molecule has 0 unspecified atom stereocenters. The van der Waals surface area contributed by atoms with Gasteiger partial charge in [0.05, 0.1) is 5.69 Å². The fourth-order valence-corrected chi connectivity index (χ4v) is 3.08. The lowest BCUT2D eigenvalue weighted by molar-refractivity contribution is -0.127. The summed E-state index contributed by atoms with van der Waals surface area (Å²) >= 11 is 0. The number of amides is 1. The number of carbonyl (C=O) groups excluding carboxylic acids is 1. The average molecular weight is 367 g/mol. The van der Waals surface area contributed by atoms with Crippen LogP contribution in [0.15, 0.2) is 43.0 Å². The second kappa shape index (κ2) is 9.18. The van der Waals surface area contributed by atoms with Gasteiger partial charge in [-0.1, -0.05) is 6.08 Å².